The molecule has 5 fully saturated rings. The second-order valence-corrected chi connectivity index (χ2v) is 6.21. The van der Waals surface area contributed by atoms with Crippen LogP contribution in [0.3, 0.4) is 0 Å². The van der Waals surface area contributed by atoms with Crippen molar-refractivity contribution < 1.29 is 14.3 Å². The lowest BCUT2D eigenvalue weighted by molar-refractivity contribution is -0.289. The molecule has 1 atom stereocenters. The number of hydrogen-bond donors (Lipinski definition) is 0. The summed E-state index contributed by atoms with van der Waals surface area (Å²) in [4.78, 5) is 11.6. The number of esters is 1. The summed E-state index contributed by atoms with van der Waals surface area (Å²) in [6.07, 6.45) is 5.92. The summed E-state index contributed by atoms with van der Waals surface area (Å²) in [5.41, 5.74) is 0. The van der Waals surface area contributed by atoms with Crippen LogP contribution in [0, 0.1) is 23.7 Å². The van der Waals surface area contributed by atoms with Crippen molar-refractivity contribution in [2.24, 2.45) is 23.7 Å². The highest BCUT2D eigenvalue weighted by atomic mass is 16.8. The molecule has 1 unspecified atom stereocenters. The summed E-state index contributed by atoms with van der Waals surface area (Å²) in [6, 6.07) is 0. The number of carbonyl (C=O) groups excluding carboxylic acids is 1. The quantitative estimate of drug-likeness (QED) is 0.589. The molecule has 1 heterocycles. The van der Waals surface area contributed by atoms with Gasteiger partial charge in [-0.2, -0.15) is 0 Å². The Balaban J connectivity index is 1.72. The maximum atomic E-state index is 11.6. The van der Waals surface area contributed by atoms with Gasteiger partial charge in [0.25, 0.3) is 0 Å². The van der Waals surface area contributed by atoms with Crippen molar-refractivity contribution in [3.63, 3.8) is 0 Å². The molecule has 0 aromatic carbocycles. The van der Waals surface area contributed by atoms with Gasteiger partial charge < -0.3 is 9.47 Å². The van der Waals surface area contributed by atoms with Gasteiger partial charge >= 0.3 is 5.97 Å². The van der Waals surface area contributed by atoms with E-state index in [0.717, 1.165) is 11.8 Å². The van der Waals surface area contributed by atoms with Crippen LogP contribution in [0.25, 0.3) is 0 Å². The van der Waals surface area contributed by atoms with E-state index in [1.165, 1.54) is 32.1 Å². The fourth-order valence-corrected chi connectivity index (χ4v) is 4.79. The fourth-order valence-electron chi connectivity index (χ4n) is 4.79. The molecule has 0 aromatic heterocycles. The third-order valence-corrected chi connectivity index (χ3v) is 5.23. The monoisotopic (exact) mass is 222 g/mol. The van der Waals surface area contributed by atoms with Gasteiger partial charge in [0.1, 0.15) is 0 Å². The van der Waals surface area contributed by atoms with Crippen molar-refractivity contribution in [2.75, 3.05) is 0 Å². The Hall–Kier alpha value is -0.570. The van der Waals surface area contributed by atoms with Gasteiger partial charge in [0.15, 0.2) is 6.10 Å². The highest BCUT2D eigenvalue weighted by Crippen LogP contribution is 2.61. The lowest BCUT2D eigenvalue weighted by atomic mass is 9.53. The lowest BCUT2D eigenvalue weighted by Gasteiger charge is -2.57. The molecule has 4 bridgehead atoms. The molecule has 4 saturated carbocycles. The lowest BCUT2D eigenvalue weighted by Crippen LogP contribution is -2.58. The summed E-state index contributed by atoms with van der Waals surface area (Å²) >= 11 is 0. The standard InChI is InChI=1S/C13H18O3/c1-7-12(14)16-13(15-7)10-3-8-2-9(5-10)6-11(13)4-8/h7-11H,2-6H2,1H3. The van der Waals surface area contributed by atoms with Crippen molar-refractivity contribution in [3.8, 4) is 0 Å². The maximum absolute atomic E-state index is 11.6. The summed E-state index contributed by atoms with van der Waals surface area (Å²) < 4.78 is 11.6. The molecule has 4 aliphatic carbocycles. The van der Waals surface area contributed by atoms with Gasteiger partial charge in [0.05, 0.1) is 0 Å². The van der Waals surface area contributed by atoms with Crippen LogP contribution >= 0.6 is 0 Å². The molecule has 3 nitrogen and oxygen atoms in total. The van der Waals surface area contributed by atoms with Crippen LogP contribution < -0.4 is 0 Å². The largest absolute Gasteiger partial charge is 0.430 e. The third-order valence-electron chi connectivity index (χ3n) is 5.23. The summed E-state index contributed by atoms with van der Waals surface area (Å²) in [6.45, 7) is 1.82. The molecule has 0 N–H and O–H groups in total. The van der Waals surface area contributed by atoms with E-state index in [4.69, 9.17) is 9.47 Å². The Kier molecular flexibility index (Phi) is 1.66. The summed E-state index contributed by atoms with van der Waals surface area (Å²) in [7, 11) is 0. The Labute approximate surface area is 95.5 Å². The molecular weight excluding hydrogens is 204 g/mol. The summed E-state index contributed by atoms with van der Waals surface area (Å²) in [5, 5.41) is 0. The van der Waals surface area contributed by atoms with Crippen molar-refractivity contribution in [1.29, 1.82) is 0 Å². The molecule has 1 aliphatic heterocycles. The Morgan fingerprint density at radius 2 is 1.62 bits per heavy atom. The van der Waals surface area contributed by atoms with E-state index in [0.29, 0.717) is 11.8 Å². The Morgan fingerprint density at radius 1 is 1.06 bits per heavy atom. The van der Waals surface area contributed by atoms with Gasteiger partial charge in [-0.25, -0.2) is 4.79 Å². The third kappa shape index (κ3) is 1.01. The first-order valence-electron chi connectivity index (χ1n) is 6.58. The topological polar surface area (TPSA) is 35.5 Å². The van der Waals surface area contributed by atoms with Crippen LogP contribution in [0.4, 0.5) is 0 Å². The van der Waals surface area contributed by atoms with E-state index in [9.17, 15) is 4.79 Å². The minimum absolute atomic E-state index is 0.146. The van der Waals surface area contributed by atoms with Crippen molar-refractivity contribution in [1.82, 2.24) is 0 Å². The molecule has 1 spiro atoms. The second kappa shape index (κ2) is 2.81. The van der Waals surface area contributed by atoms with Crippen molar-refractivity contribution >= 4 is 5.97 Å². The molecule has 88 valence electrons. The smallest absolute Gasteiger partial charge is 0.337 e. The van der Waals surface area contributed by atoms with Crippen molar-refractivity contribution in [2.45, 2.75) is 50.9 Å². The van der Waals surface area contributed by atoms with Crippen LogP contribution in [0.1, 0.15) is 39.0 Å². The van der Waals surface area contributed by atoms with Gasteiger partial charge in [-0.3, -0.25) is 0 Å². The van der Waals surface area contributed by atoms with E-state index < -0.39 is 5.79 Å². The number of carbonyl (C=O) groups is 1. The van der Waals surface area contributed by atoms with Crippen LogP contribution in [0.2, 0.25) is 0 Å². The fraction of sp³-hybridized carbons (Fsp3) is 0.923. The predicted molar refractivity (Wildman–Crippen MR) is 56.4 cm³/mol. The molecule has 0 radical (unpaired) electrons. The SMILES string of the molecule is CC1OC2(OC1=O)C1CC3CC(C1)CC2C3. The number of ether oxygens (including phenoxy) is 2. The van der Waals surface area contributed by atoms with Crippen molar-refractivity contribution in [3.05, 3.63) is 0 Å². The Morgan fingerprint density at radius 3 is 2.06 bits per heavy atom. The molecule has 5 aliphatic rings. The van der Waals surface area contributed by atoms with Crippen LogP contribution in [0.15, 0.2) is 0 Å². The van der Waals surface area contributed by atoms with E-state index in [-0.39, 0.29) is 12.1 Å². The molecule has 3 heteroatoms. The predicted octanol–water partition coefficient (Wildman–Crippen LogP) is 2.10. The highest BCUT2D eigenvalue weighted by Gasteiger charge is 2.64. The molecule has 5 rings (SSSR count). The molecule has 0 amide bonds. The maximum Gasteiger partial charge on any atom is 0.337 e. The number of hydrogen-bond acceptors (Lipinski definition) is 3. The highest BCUT2D eigenvalue weighted by molar-refractivity contribution is 5.76. The molecule has 0 aromatic rings. The summed E-state index contributed by atoms with van der Waals surface area (Å²) in [5.74, 6) is 2.07. The van der Waals surface area contributed by atoms with Gasteiger partial charge in [-0.15, -0.1) is 0 Å². The van der Waals surface area contributed by atoms with Gasteiger partial charge in [0.2, 0.25) is 5.79 Å². The minimum atomic E-state index is -0.510. The van der Waals surface area contributed by atoms with E-state index >= 15 is 0 Å². The van der Waals surface area contributed by atoms with E-state index in [1.54, 1.807) is 0 Å². The minimum Gasteiger partial charge on any atom is -0.430 e. The van der Waals surface area contributed by atoms with Gasteiger partial charge in [-0.05, 0) is 50.9 Å². The van der Waals surface area contributed by atoms with Gasteiger partial charge in [0, 0.05) is 11.8 Å². The second-order valence-electron chi connectivity index (χ2n) is 6.21. The van der Waals surface area contributed by atoms with Crippen LogP contribution in [-0.4, -0.2) is 17.9 Å². The first kappa shape index (κ1) is 9.46. The molecular formula is C13H18O3. The average Bonchev–Trinajstić information content (AvgIpc) is 2.52. The van der Waals surface area contributed by atoms with Crippen LogP contribution in [-0.2, 0) is 14.3 Å². The molecule has 1 saturated heterocycles. The van der Waals surface area contributed by atoms with Gasteiger partial charge in [-0.1, -0.05) is 0 Å². The first-order chi connectivity index (χ1) is 7.67. The van der Waals surface area contributed by atoms with Crippen LogP contribution in [0.5, 0.6) is 0 Å². The zero-order valence-electron chi connectivity index (χ0n) is 9.65. The zero-order valence-corrected chi connectivity index (χ0v) is 9.65. The zero-order chi connectivity index (χ0) is 10.9. The molecule has 16 heavy (non-hydrogen) atoms. The average molecular weight is 222 g/mol. The normalized spacial score (nSPS) is 58.3. The van der Waals surface area contributed by atoms with E-state index in [1.807, 2.05) is 6.92 Å². The Bertz CT molecular complexity index is 321. The van der Waals surface area contributed by atoms with E-state index in [2.05, 4.69) is 0 Å². The first-order valence-corrected chi connectivity index (χ1v) is 6.58. The number of rotatable bonds is 0.